The summed E-state index contributed by atoms with van der Waals surface area (Å²) in [6.45, 7) is 7.92. The van der Waals surface area contributed by atoms with Crippen LogP contribution in [0.25, 0.3) is 0 Å². The maximum absolute atomic E-state index is 11.9. The Bertz CT molecular complexity index is 623. The van der Waals surface area contributed by atoms with Crippen LogP contribution in [-0.2, 0) is 16.1 Å². The van der Waals surface area contributed by atoms with Crippen LogP contribution in [0.4, 0.5) is 0 Å². The lowest BCUT2D eigenvalue weighted by Crippen LogP contribution is -2.46. The summed E-state index contributed by atoms with van der Waals surface area (Å²) in [4.78, 5) is 27.9. The summed E-state index contributed by atoms with van der Waals surface area (Å²) in [5.41, 5.74) is 0.857. The van der Waals surface area contributed by atoms with Crippen LogP contribution in [0.3, 0.4) is 0 Å². The summed E-state index contributed by atoms with van der Waals surface area (Å²) >= 11 is 0. The highest BCUT2D eigenvalue weighted by molar-refractivity contribution is 5.77. The van der Waals surface area contributed by atoms with Crippen molar-refractivity contribution in [3.63, 3.8) is 0 Å². The van der Waals surface area contributed by atoms with Crippen molar-refractivity contribution in [3.05, 3.63) is 28.2 Å². The maximum atomic E-state index is 11.9. The molecule has 24 heavy (non-hydrogen) atoms. The van der Waals surface area contributed by atoms with Crippen LogP contribution in [0, 0.1) is 12.8 Å². The van der Waals surface area contributed by atoms with E-state index in [2.05, 4.69) is 10.00 Å². The molecule has 0 unspecified atom stereocenters. The van der Waals surface area contributed by atoms with Crippen LogP contribution in [-0.4, -0.2) is 71.4 Å². The second kappa shape index (κ2) is 7.90. The van der Waals surface area contributed by atoms with E-state index in [4.69, 9.17) is 4.74 Å². The van der Waals surface area contributed by atoms with Gasteiger partial charge in [0.25, 0.3) is 5.56 Å². The van der Waals surface area contributed by atoms with E-state index >= 15 is 0 Å². The maximum Gasteiger partial charge on any atom is 0.266 e. The first-order valence-corrected chi connectivity index (χ1v) is 8.74. The number of aryl methyl sites for hydroxylation is 1. The first kappa shape index (κ1) is 17.1. The first-order valence-electron chi connectivity index (χ1n) is 8.74. The number of rotatable bonds is 5. The van der Waals surface area contributed by atoms with Crippen LogP contribution in [0.2, 0.25) is 0 Å². The van der Waals surface area contributed by atoms with Crippen molar-refractivity contribution in [1.82, 2.24) is 19.6 Å². The van der Waals surface area contributed by atoms with Crippen molar-refractivity contribution in [2.75, 3.05) is 45.9 Å². The Morgan fingerprint density at radius 2 is 1.96 bits per heavy atom. The number of carbonyl (C=O) groups excluding carboxylic acids is 1. The van der Waals surface area contributed by atoms with Crippen molar-refractivity contribution in [3.8, 4) is 0 Å². The third-order valence-corrected chi connectivity index (χ3v) is 4.91. The minimum absolute atomic E-state index is 0.0196. The summed E-state index contributed by atoms with van der Waals surface area (Å²) in [5.74, 6) is 0.597. The van der Waals surface area contributed by atoms with Crippen molar-refractivity contribution >= 4 is 5.91 Å². The molecule has 1 aromatic rings. The van der Waals surface area contributed by atoms with Gasteiger partial charge in [0.2, 0.25) is 5.91 Å². The van der Waals surface area contributed by atoms with E-state index in [9.17, 15) is 9.59 Å². The van der Waals surface area contributed by atoms with Crippen LogP contribution in [0.1, 0.15) is 18.5 Å². The van der Waals surface area contributed by atoms with Crippen LogP contribution in [0.15, 0.2) is 16.9 Å². The molecule has 2 fully saturated rings. The van der Waals surface area contributed by atoms with Gasteiger partial charge in [0.15, 0.2) is 0 Å². The summed E-state index contributed by atoms with van der Waals surface area (Å²) in [6.07, 6.45) is 2.14. The molecule has 0 bridgehead atoms. The topological polar surface area (TPSA) is 67.7 Å². The molecule has 0 spiro atoms. The van der Waals surface area contributed by atoms with E-state index in [1.54, 1.807) is 16.8 Å². The van der Waals surface area contributed by atoms with Gasteiger partial charge in [-0.15, -0.1) is 0 Å². The second-order valence-corrected chi connectivity index (χ2v) is 6.71. The number of morpholine rings is 1. The van der Waals surface area contributed by atoms with Crippen molar-refractivity contribution in [2.24, 2.45) is 5.92 Å². The molecule has 0 aromatic carbocycles. The average Bonchev–Trinajstić information content (AvgIpc) is 2.59. The summed E-state index contributed by atoms with van der Waals surface area (Å²) in [7, 11) is 0. The monoisotopic (exact) mass is 334 g/mol. The Balaban J connectivity index is 1.43. The zero-order chi connectivity index (χ0) is 16.9. The standard InChI is InChI=1S/C17H26N4O3/c1-14-2-3-16(22)21(18-14)12-15-4-6-19(7-5-15)8-9-20-10-11-24-13-17(20)23/h2-3,15H,4-13H2,1H3. The Kier molecular flexibility index (Phi) is 5.63. The molecule has 132 valence electrons. The lowest BCUT2D eigenvalue weighted by Gasteiger charge is -2.34. The third-order valence-electron chi connectivity index (χ3n) is 4.91. The minimum Gasteiger partial charge on any atom is -0.370 e. The van der Waals surface area contributed by atoms with E-state index < -0.39 is 0 Å². The van der Waals surface area contributed by atoms with Gasteiger partial charge in [-0.3, -0.25) is 9.59 Å². The van der Waals surface area contributed by atoms with Gasteiger partial charge in [-0.2, -0.15) is 5.10 Å². The molecule has 2 aliphatic heterocycles. The van der Waals surface area contributed by atoms with E-state index in [0.29, 0.717) is 25.6 Å². The highest BCUT2D eigenvalue weighted by Crippen LogP contribution is 2.18. The van der Waals surface area contributed by atoms with E-state index in [1.807, 2.05) is 11.8 Å². The SMILES string of the molecule is Cc1ccc(=O)n(CC2CCN(CCN3CCOCC3=O)CC2)n1. The van der Waals surface area contributed by atoms with E-state index in [0.717, 1.165) is 44.7 Å². The minimum atomic E-state index is -0.0196. The molecule has 0 atom stereocenters. The number of amides is 1. The molecular weight excluding hydrogens is 308 g/mol. The summed E-state index contributed by atoms with van der Waals surface area (Å²) in [5, 5.41) is 4.33. The fourth-order valence-electron chi connectivity index (χ4n) is 3.37. The Morgan fingerprint density at radius 3 is 2.71 bits per heavy atom. The molecule has 2 aliphatic rings. The fourth-order valence-corrected chi connectivity index (χ4v) is 3.37. The van der Waals surface area contributed by atoms with Crippen molar-refractivity contribution in [1.29, 1.82) is 0 Å². The van der Waals surface area contributed by atoms with Crippen LogP contribution < -0.4 is 5.56 Å². The molecule has 0 aliphatic carbocycles. The number of piperidine rings is 1. The molecule has 3 heterocycles. The number of aromatic nitrogens is 2. The molecule has 7 heteroatoms. The van der Waals surface area contributed by atoms with Crippen LogP contribution >= 0.6 is 0 Å². The number of carbonyl (C=O) groups is 1. The largest absolute Gasteiger partial charge is 0.370 e. The first-order chi connectivity index (χ1) is 11.6. The van der Waals surface area contributed by atoms with Gasteiger partial charge in [0.05, 0.1) is 12.3 Å². The predicted molar refractivity (Wildman–Crippen MR) is 89.8 cm³/mol. The fraction of sp³-hybridized carbons (Fsp3) is 0.706. The van der Waals surface area contributed by atoms with Gasteiger partial charge >= 0.3 is 0 Å². The Hall–Kier alpha value is -1.73. The number of ether oxygens (including phenoxy) is 1. The third kappa shape index (κ3) is 4.42. The normalized spacial score (nSPS) is 20.5. The molecular formula is C17H26N4O3. The highest BCUT2D eigenvalue weighted by atomic mass is 16.5. The molecule has 1 aromatic heterocycles. The molecule has 3 rings (SSSR count). The zero-order valence-electron chi connectivity index (χ0n) is 14.3. The van der Waals surface area contributed by atoms with E-state index in [1.165, 1.54) is 0 Å². The summed E-state index contributed by atoms with van der Waals surface area (Å²) in [6, 6.07) is 3.35. The second-order valence-electron chi connectivity index (χ2n) is 6.71. The molecule has 7 nitrogen and oxygen atoms in total. The van der Waals surface area contributed by atoms with Crippen molar-refractivity contribution < 1.29 is 9.53 Å². The zero-order valence-corrected chi connectivity index (χ0v) is 14.3. The number of hydrogen-bond acceptors (Lipinski definition) is 5. The van der Waals surface area contributed by atoms with Gasteiger partial charge in [0.1, 0.15) is 6.61 Å². The summed E-state index contributed by atoms with van der Waals surface area (Å²) < 4.78 is 6.75. The van der Waals surface area contributed by atoms with Gasteiger partial charge in [-0.1, -0.05) is 0 Å². The van der Waals surface area contributed by atoms with E-state index in [-0.39, 0.29) is 18.1 Å². The highest BCUT2D eigenvalue weighted by Gasteiger charge is 2.23. The Labute approximate surface area is 142 Å². The average molecular weight is 334 g/mol. The molecule has 0 N–H and O–H groups in total. The quantitative estimate of drug-likeness (QED) is 0.765. The molecule has 2 saturated heterocycles. The number of nitrogens with zero attached hydrogens (tertiary/aromatic N) is 4. The van der Waals surface area contributed by atoms with Gasteiger partial charge in [-0.25, -0.2) is 4.68 Å². The van der Waals surface area contributed by atoms with Gasteiger partial charge in [0, 0.05) is 32.2 Å². The van der Waals surface area contributed by atoms with Gasteiger partial charge in [-0.05, 0) is 44.8 Å². The lowest BCUT2D eigenvalue weighted by atomic mass is 9.97. The van der Waals surface area contributed by atoms with Gasteiger partial charge < -0.3 is 14.5 Å². The lowest BCUT2D eigenvalue weighted by molar-refractivity contribution is -0.142. The van der Waals surface area contributed by atoms with Crippen molar-refractivity contribution in [2.45, 2.75) is 26.3 Å². The molecule has 0 radical (unpaired) electrons. The number of likely N-dealkylation sites (tertiary alicyclic amines) is 1. The Morgan fingerprint density at radius 1 is 1.17 bits per heavy atom. The number of hydrogen-bond donors (Lipinski definition) is 0. The molecule has 1 amide bonds. The molecule has 0 saturated carbocycles. The predicted octanol–water partition coefficient (Wildman–Crippen LogP) is 0.123. The smallest absolute Gasteiger partial charge is 0.266 e. The van der Waals surface area contributed by atoms with Crippen LogP contribution in [0.5, 0.6) is 0 Å².